The van der Waals surface area contributed by atoms with Crippen molar-refractivity contribution < 1.29 is 14.0 Å². The zero-order chi connectivity index (χ0) is 18.7. The van der Waals surface area contributed by atoms with Crippen LogP contribution in [-0.4, -0.2) is 29.8 Å². The molecule has 2 aromatic carbocycles. The highest BCUT2D eigenvalue weighted by Gasteiger charge is 2.28. The number of likely N-dealkylation sites (tertiary alicyclic amines) is 1. The Kier molecular flexibility index (Phi) is 5.35. The molecule has 0 aliphatic carbocycles. The summed E-state index contributed by atoms with van der Waals surface area (Å²) in [5.41, 5.74) is 2.67. The number of carbonyl (C=O) groups excluding carboxylic acids is 2. The van der Waals surface area contributed by atoms with Crippen LogP contribution in [-0.2, 0) is 4.79 Å². The van der Waals surface area contributed by atoms with Crippen molar-refractivity contribution in [2.24, 2.45) is 5.92 Å². The third-order valence-electron chi connectivity index (χ3n) is 4.91. The molecule has 0 atom stereocenters. The van der Waals surface area contributed by atoms with Crippen LogP contribution in [0.4, 0.5) is 10.1 Å². The van der Waals surface area contributed by atoms with E-state index in [4.69, 9.17) is 0 Å². The minimum Gasteiger partial charge on any atom is -0.339 e. The number of hydrogen-bond acceptors (Lipinski definition) is 2. The lowest BCUT2D eigenvalue weighted by molar-refractivity contribution is -0.121. The first-order chi connectivity index (χ1) is 12.5. The lowest BCUT2D eigenvalue weighted by atomic mass is 9.95. The van der Waals surface area contributed by atoms with Gasteiger partial charge in [-0.2, -0.15) is 0 Å². The standard InChI is InChI=1S/C21H23FN2O2/c1-14-7-8-19(18(22)13-14)23-20(25)16-9-11-24(12-10-16)21(26)17-6-4-3-5-15(17)2/h3-8,13,16H,9-12H2,1-2H3,(H,23,25). The number of carbonyl (C=O) groups is 2. The molecule has 4 nitrogen and oxygen atoms in total. The Morgan fingerprint density at radius 3 is 2.42 bits per heavy atom. The van der Waals surface area contributed by atoms with E-state index in [2.05, 4.69) is 5.32 Å². The van der Waals surface area contributed by atoms with E-state index in [1.165, 1.54) is 6.07 Å². The van der Waals surface area contributed by atoms with E-state index in [-0.39, 0.29) is 23.4 Å². The van der Waals surface area contributed by atoms with Crippen LogP contribution in [0.5, 0.6) is 0 Å². The van der Waals surface area contributed by atoms with Gasteiger partial charge in [0.15, 0.2) is 0 Å². The topological polar surface area (TPSA) is 49.4 Å². The molecule has 2 amide bonds. The minimum atomic E-state index is -0.425. The van der Waals surface area contributed by atoms with Gasteiger partial charge in [0.25, 0.3) is 5.91 Å². The fourth-order valence-electron chi connectivity index (χ4n) is 3.28. The third-order valence-corrected chi connectivity index (χ3v) is 4.91. The van der Waals surface area contributed by atoms with Crippen molar-refractivity contribution in [3.05, 3.63) is 65.0 Å². The highest BCUT2D eigenvalue weighted by Crippen LogP contribution is 2.23. The summed E-state index contributed by atoms with van der Waals surface area (Å²) in [6, 6.07) is 12.3. The number of nitrogens with zero attached hydrogens (tertiary/aromatic N) is 1. The van der Waals surface area contributed by atoms with E-state index in [9.17, 15) is 14.0 Å². The van der Waals surface area contributed by atoms with Crippen molar-refractivity contribution in [1.82, 2.24) is 4.90 Å². The molecule has 3 rings (SSSR count). The van der Waals surface area contributed by atoms with Crippen molar-refractivity contribution in [3.8, 4) is 0 Å². The summed E-state index contributed by atoms with van der Waals surface area (Å²) in [7, 11) is 0. The number of anilines is 1. The molecule has 0 spiro atoms. The maximum atomic E-state index is 13.9. The van der Waals surface area contributed by atoms with Crippen LogP contribution in [0, 0.1) is 25.6 Å². The second-order valence-corrected chi connectivity index (χ2v) is 6.85. The molecule has 1 aliphatic heterocycles. The highest BCUT2D eigenvalue weighted by molar-refractivity contribution is 5.96. The average Bonchev–Trinajstić information content (AvgIpc) is 2.64. The van der Waals surface area contributed by atoms with Gasteiger partial charge < -0.3 is 10.2 Å². The molecule has 0 radical (unpaired) electrons. The Labute approximate surface area is 153 Å². The van der Waals surface area contributed by atoms with Crippen LogP contribution in [0.25, 0.3) is 0 Å². The lowest BCUT2D eigenvalue weighted by Crippen LogP contribution is -2.41. The number of nitrogens with one attached hydrogen (secondary N) is 1. The zero-order valence-electron chi connectivity index (χ0n) is 15.1. The first-order valence-electron chi connectivity index (χ1n) is 8.87. The monoisotopic (exact) mass is 354 g/mol. The molecule has 0 aromatic heterocycles. The Balaban J connectivity index is 1.59. The molecule has 1 heterocycles. The van der Waals surface area contributed by atoms with E-state index >= 15 is 0 Å². The summed E-state index contributed by atoms with van der Waals surface area (Å²) in [4.78, 5) is 26.9. The van der Waals surface area contributed by atoms with Gasteiger partial charge in [0.1, 0.15) is 5.82 Å². The summed E-state index contributed by atoms with van der Waals surface area (Å²) in [6.45, 7) is 4.78. The Morgan fingerprint density at radius 1 is 1.08 bits per heavy atom. The van der Waals surface area contributed by atoms with Gasteiger partial charge >= 0.3 is 0 Å². The van der Waals surface area contributed by atoms with E-state index in [1.54, 1.807) is 24.0 Å². The van der Waals surface area contributed by atoms with Crippen LogP contribution in [0.15, 0.2) is 42.5 Å². The molecule has 1 aliphatic rings. The number of amides is 2. The largest absolute Gasteiger partial charge is 0.339 e. The van der Waals surface area contributed by atoms with E-state index in [1.807, 2.05) is 31.2 Å². The molecule has 1 saturated heterocycles. The van der Waals surface area contributed by atoms with Crippen LogP contribution in [0.1, 0.15) is 34.3 Å². The highest BCUT2D eigenvalue weighted by atomic mass is 19.1. The van der Waals surface area contributed by atoms with Gasteiger partial charge in [-0.1, -0.05) is 24.3 Å². The molecule has 0 saturated carbocycles. The number of benzene rings is 2. The second kappa shape index (κ2) is 7.68. The average molecular weight is 354 g/mol. The van der Waals surface area contributed by atoms with Crippen LogP contribution < -0.4 is 5.32 Å². The van der Waals surface area contributed by atoms with Crippen LogP contribution in [0.2, 0.25) is 0 Å². The zero-order valence-corrected chi connectivity index (χ0v) is 15.1. The number of hydrogen-bond donors (Lipinski definition) is 1. The van der Waals surface area contributed by atoms with E-state index < -0.39 is 5.82 Å². The van der Waals surface area contributed by atoms with Gasteiger partial charge in [-0.3, -0.25) is 9.59 Å². The van der Waals surface area contributed by atoms with E-state index in [0.29, 0.717) is 31.5 Å². The maximum Gasteiger partial charge on any atom is 0.254 e. The van der Waals surface area contributed by atoms with Gasteiger partial charge in [0.2, 0.25) is 5.91 Å². The van der Waals surface area contributed by atoms with Crippen LogP contribution in [0.3, 0.4) is 0 Å². The van der Waals surface area contributed by atoms with Crippen molar-refractivity contribution in [2.75, 3.05) is 18.4 Å². The minimum absolute atomic E-state index is 0.00605. The molecular weight excluding hydrogens is 331 g/mol. The number of halogens is 1. The van der Waals surface area contributed by atoms with Gasteiger partial charge in [-0.25, -0.2) is 4.39 Å². The fraction of sp³-hybridized carbons (Fsp3) is 0.333. The van der Waals surface area contributed by atoms with Crippen molar-refractivity contribution in [1.29, 1.82) is 0 Å². The summed E-state index contributed by atoms with van der Waals surface area (Å²) in [5, 5.41) is 2.67. The molecule has 0 unspecified atom stereocenters. The molecule has 2 aromatic rings. The van der Waals surface area contributed by atoms with Gasteiger partial charge in [-0.05, 0) is 56.0 Å². The van der Waals surface area contributed by atoms with Gasteiger partial charge in [0, 0.05) is 24.6 Å². The smallest absolute Gasteiger partial charge is 0.254 e. The predicted molar refractivity (Wildman–Crippen MR) is 99.6 cm³/mol. The van der Waals surface area contributed by atoms with Crippen molar-refractivity contribution in [3.63, 3.8) is 0 Å². The quantitative estimate of drug-likeness (QED) is 0.908. The summed E-state index contributed by atoms with van der Waals surface area (Å²) >= 11 is 0. The number of piperidine rings is 1. The molecule has 0 bridgehead atoms. The van der Waals surface area contributed by atoms with Gasteiger partial charge in [0.05, 0.1) is 5.69 Å². The SMILES string of the molecule is Cc1ccc(NC(=O)C2CCN(C(=O)c3ccccc3C)CC2)c(F)c1. The predicted octanol–water partition coefficient (Wildman–Crippen LogP) is 3.93. The molecule has 1 fully saturated rings. The van der Waals surface area contributed by atoms with Gasteiger partial charge in [-0.15, -0.1) is 0 Å². The summed E-state index contributed by atoms with van der Waals surface area (Å²) in [5.74, 6) is -0.815. The Hall–Kier alpha value is -2.69. The first-order valence-corrected chi connectivity index (χ1v) is 8.87. The third kappa shape index (κ3) is 3.93. The molecular formula is C21H23FN2O2. The lowest BCUT2D eigenvalue weighted by Gasteiger charge is -2.31. The second-order valence-electron chi connectivity index (χ2n) is 6.85. The maximum absolute atomic E-state index is 13.9. The number of aryl methyl sites for hydroxylation is 2. The van der Waals surface area contributed by atoms with Crippen LogP contribution >= 0.6 is 0 Å². The Bertz CT molecular complexity index is 827. The van der Waals surface area contributed by atoms with Crippen molar-refractivity contribution >= 4 is 17.5 Å². The molecule has 26 heavy (non-hydrogen) atoms. The van der Waals surface area contributed by atoms with E-state index in [0.717, 1.165) is 11.1 Å². The fourth-order valence-corrected chi connectivity index (χ4v) is 3.28. The molecule has 1 N–H and O–H groups in total. The number of rotatable bonds is 3. The summed E-state index contributed by atoms with van der Waals surface area (Å²) < 4.78 is 13.9. The molecule has 5 heteroatoms. The van der Waals surface area contributed by atoms with Crippen molar-refractivity contribution in [2.45, 2.75) is 26.7 Å². The normalized spacial score (nSPS) is 15.0. The summed E-state index contributed by atoms with van der Waals surface area (Å²) in [6.07, 6.45) is 1.16. The first kappa shape index (κ1) is 18.1. The Morgan fingerprint density at radius 2 is 1.77 bits per heavy atom. The molecule has 136 valence electrons.